The SMILES string of the molecule is Cc1ccc(CN(C(=O)Cc2ccc(F)cc2)[C@@H](C)C(=O)NC2CCCC2)cc1. The van der Waals surface area contributed by atoms with E-state index >= 15 is 0 Å². The van der Waals surface area contributed by atoms with Crippen molar-refractivity contribution >= 4 is 11.8 Å². The van der Waals surface area contributed by atoms with E-state index in [-0.39, 0.29) is 30.1 Å². The quantitative estimate of drug-likeness (QED) is 0.764. The van der Waals surface area contributed by atoms with Crippen molar-refractivity contribution in [3.8, 4) is 0 Å². The average Bonchev–Trinajstić information content (AvgIpc) is 3.21. The van der Waals surface area contributed by atoms with E-state index in [0.29, 0.717) is 6.54 Å². The van der Waals surface area contributed by atoms with Crippen molar-refractivity contribution in [1.29, 1.82) is 0 Å². The standard InChI is InChI=1S/C24H29FN2O2/c1-17-7-9-20(10-8-17)16-27(18(2)24(29)26-22-5-3-4-6-22)23(28)15-19-11-13-21(25)14-12-19/h7-14,18,22H,3-6,15-16H2,1-2H3,(H,26,29)/t18-/m0/s1. The summed E-state index contributed by atoms with van der Waals surface area (Å²) in [7, 11) is 0. The molecule has 2 aromatic rings. The summed E-state index contributed by atoms with van der Waals surface area (Å²) in [5.41, 5.74) is 2.85. The first-order chi connectivity index (χ1) is 13.9. The molecule has 1 N–H and O–H groups in total. The predicted octanol–water partition coefficient (Wildman–Crippen LogP) is 4.15. The molecule has 1 saturated carbocycles. The largest absolute Gasteiger partial charge is 0.352 e. The Hall–Kier alpha value is -2.69. The third-order valence-electron chi connectivity index (χ3n) is 5.61. The van der Waals surface area contributed by atoms with Crippen LogP contribution in [0.25, 0.3) is 0 Å². The number of carbonyl (C=O) groups excluding carboxylic acids is 2. The van der Waals surface area contributed by atoms with Crippen LogP contribution in [0, 0.1) is 12.7 Å². The van der Waals surface area contributed by atoms with Crippen LogP contribution >= 0.6 is 0 Å². The molecule has 2 aromatic carbocycles. The first kappa shape index (κ1) is 21.0. The van der Waals surface area contributed by atoms with Crippen LogP contribution in [0.2, 0.25) is 0 Å². The molecule has 0 spiro atoms. The summed E-state index contributed by atoms with van der Waals surface area (Å²) in [6.07, 6.45) is 4.40. The summed E-state index contributed by atoms with van der Waals surface area (Å²) in [4.78, 5) is 27.6. The molecule has 0 aliphatic heterocycles. The van der Waals surface area contributed by atoms with Gasteiger partial charge in [0.2, 0.25) is 11.8 Å². The molecule has 0 heterocycles. The number of nitrogens with zero attached hydrogens (tertiary/aromatic N) is 1. The summed E-state index contributed by atoms with van der Waals surface area (Å²) >= 11 is 0. The Bertz CT molecular complexity index is 827. The lowest BCUT2D eigenvalue weighted by Gasteiger charge is -2.30. The molecule has 0 bridgehead atoms. The third kappa shape index (κ3) is 5.89. The second kappa shape index (κ2) is 9.68. The first-order valence-corrected chi connectivity index (χ1v) is 10.3. The number of carbonyl (C=O) groups is 2. The number of hydrogen-bond acceptors (Lipinski definition) is 2. The van der Waals surface area contributed by atoms with Gasteiger partial charge in [-0.1, -0.05) is 54.8 Å². The molecule has 1 aliphatic carbocycles. The third-order valence-corrected chi connectivity index (χ3v) is 5.61. The van der Waals surface area contributed by atoms with Gasteiger partial charge >= 0.3 is 0 Å². The molecule has 5 heteroatoms. The predicted molar refractivity (Wildman–Crippen MR) is 112 cm³/mol. The smallest absolute Gasteiger partial charge is 0.242 e. The van der Waals surface area contributed by atoms with Gasteiger partial charge in [0.1, 0.15) is 11.9 Å². The summed E-state index contributed by atoms with van der Waals surface area (Å²) in [5, 5.41) is 3.10. The van der Waals surface area contributed by atoms with E-state index in [9.17, 15) is 14.0 Å². The lowest BCUT2D eigenvalue weighted by Crippen LogP contribution is -2.50. The summed E-state index contributed by atoms with van der Waals surface area (Å²) in [6, 6.07) is 13.5. The Morgan fingerprint density at radius 1 is 1.03 bits per heavy atom. The number of hydrogen-bond donors (Lipinski definition) is 1. The highest BCUT2D eigenvalue weighted by atomic mass is 19.1. The van der Waals surface area contributed by atoms with E-state index in [1.807, 2.05) is 31.2 Å². The lowest BCUT2D eigenvalue weighted by atomic mass is 10.1. The van der Waals surface area contributed by atoms with Crippen molar-refractivity contribution in [2.24, 2.45) is 0 Å². The van der Waals surface area contributed by atoms with Crippen molar-refractivity contribution in [3.05, 3.63) is 71.0 Å². The highest BCUT2D eigenvalue weighted by Gasteiger charge is 2.28. The van der Waals surface area contributed by atoms with Crippen LogP contribution in [-0.4, -0.2) is 28.8 Å². The number of rotatable bonds is 7. The Morgan fingerprint density at radius 2 is 1.62 bits per heavy atom. The average molecular weight is 397 g/mol. The van der Waals surface area contributed by atoms with Crippen molar-refractivity contribution < 1.29 is 14.0 Å². The van der Waals surface area contributed by atoms with E-state index in [2.05, 4.69) is 5.32 Å². The molecule has 29 heavy (non-hydrogen) atoms. The van der Waals surface area contributed by atoms with Crippen molar-refractivity contribution in [2.45, 2.75) is 64.6 Å². The minimum Gasteiger partial charge on any atom is -0.352 e. The van der Waals surface area contributed by atoms with E-state index in [4.69, 9.17) is 0 Å². The topological polar surface area (TPSA) is 49.4 Å². The van der Waals surface area contributed by atoms with Gasteiger partial charge in [0, 0.05) is 12.6 Å². The first-order valence-electron chi connectivity index (χ1n) is 10.3. The maximum absolute atomic E-state index is 13.2. The van der Waals surface area contributed by atoms with Gasteiger partial charge in [0.05, 0.1) is 6.42 Å². The fourth-order valence-electron chi connectivity index (χ4n) is 3.74. The van der Waals surface area contributed by atoms with Crippen LogP contribution in [0.5, 0.6) is 0 Å². The fraction of sp³-hybridized carbons (Fsp3) is 0.417. The lowest BCUT2D eigenvalue weighted by molar-refractivity contribution is -0.140. The maximum Gasteiger partial charge on any atom is 0.242 e. The molecule has 4 nitrogen and oxygen atoms in total. The molecule has 1 atom stereocenters. The zero-order valence-corrected chi connectivity index (χ0v) is 17.2. The number of amides is 2. The van der Waals surface area contributed by atoms with Crippen LogP contribution in [0.4, 0.5) is 4.39 Å². The van der Waals surface area contributed by atoms with E-state index in [1.54, 1.807) is 24.0 Å². The van der Waals surface area contributed by atoms with Crippen molar-refractivity contribution in [1.82, 2.24) is 10.2 Å². The fourth-order valence-corrected chi connectivity index (χ4v) is 3.74. The van der Waals surface area contributed by atoms with Gasteiger partial charge in [0.15, 0.2) is 0 Å². The number of halogens is 1. The molecule has 0 radical (unpaired) electrons. The highest BCUT2D eigenvalue weighted by Crippen LogP contribution is 2.19. The monoisotopic (exact) mass is 396 g/mol. The molecule has 3 rings (SSSR count). The maximum atomic E-state index is 13.2. The molecule has 0 saturated heterocycles. The zero-order valence-electron chi connectivity index (χ0n) is 17.2. The molecule has 2 amide bonds. The molecule has 1 aliphatic rings. The van der Waals surface area contributed by atoms with Gasteiger partial charge in [-0.3, -0.25) is 9.59 Å². The summed E-state index contributed by atoms with van der Waals surface area (Å²) in [5.74, 6) is -0.593. The molecule has 0 aromatic heterocycles. The number of aryl methyl sites for hydroxylation is 1. The van der Waals surface area contributed by atoms with Crippen molar-refractivity contribution in [2.75, 3.05) is 0 Å². The number of nitrogens with one attached hydrogen (secondary N) is 1. The molecular formula is C24H29FN2O2. The van der Waals surface area contributed by atoms with E-state index < -0.39 is 6.04 Å². The van der Waals surface area contributed by atoms with Gasteiger partial charge in [-0.15, -0.1) is 0 Å². The summed E-state index contributed by atoms with van der Waals surface area (Å²) < 4.78 is 13.2. The van der Waals surface area contributed by atoms with Crippen LogP contribution in [0.1, 0.15) is 49.3 Å². The Morgan fingerprint density at radius 3 is 2.24 bits per heavy atom. The molecule has 0 unspecified atom stereocenters. The van der Waals surface area contributed by atoms with E-state index in [0.717, 1.165) is 42.4 Å². The van der Waals surface area contributed by atoms with Gasteiger partial charge < -0.3 is 10.2 Å². The van der Waals surface area contributed by atoms with Gasteiger partial charge in [-0.25, -0.2) is 4.39 Å². The normalized spacial score (nSPS) is 15.1. The Balaban J connectivity index is 1.75. The van der Waals surface area contributed by atoms with Crippen LogP contribution in [0.3, 0.4) is 0 Å². The minimum atomic E-state index is -0.579. The summed E-state index contributed by atoms with van der Waals surface area (Å²) in [6.45, 7) is 4.15. The Labute approximate surface area is 172 Å². The van der Waals surface area contributed by atoms with Gasteiger partial charge in [-0.05, 0) is 49.9 Å². The second-order valence-corrected chi connectivity index (χ2v) is 7.98. The zero-order chi connectivity index (χ0) is 20.8. The van der Waals surface area contributed by atoms with Crippen LogP contribution in [-0.2, 0) is 22.6 Å². The van der Waals surface area contributed by atoms with Crippen LogP contribution < -0.4 is 5.32 Å². The molecule has 1 fully saturated rings. The highest BCUT2D eigenvalue weighted by molar-refractivity contribution is 5.88. The number of benzene rings is 2. The Kier molecular flexibility index (Phi) is 7.02. The van der Waals surface area contributed by atoms with Gasteiger partial charge in [-0.2, -0.15) is 0 Å². The molecular weight excluding hydrogens is 367 g/mol. The van der Waals surface area contributed by atoms with E-state index in [1.165, 1.54) is 12.1 Å². The second-order valence-electron chi connectivity index (χ2n) is 7.98. The minimum absolute atomic E-state index is 0.114. The van der Waals surface area contributed by atoms with Crippen LogP contribution in [0.15, 0.2) is 48.5 Å². The van der Waals surface area contributed by atoms with Gasteiger partial charge in [0.25, 0.3) is 0 Å². The van der Waals surface area contributed by atoms with Crippen molar-refractivity contribution in [3.63, 3.8) is 0 Å². The molecule has 154 valence electrons.